The molecule has 0 radical (unpaired) electrons. The average molecular weight is 295 g/mol. The van der Waals surface area contributed by atoms with Gasteiger partial charge in [0.25, 0.3) is 0 Å². The van der Waals surface area contributed by atoms with Crippen LogP contribution in [0.2, 0.25) is 0 Å². The van der Waals surface area contributed by atoms with Crippen molar-refractivity contribution in [2.45, 2.75) is 25.4 Å². The SMILES string of the molecule is O=CNc1nc(/C(=N/OC2C=CCCC2)C(=O)O)cs1. The Labute approximate surface area is 119 Å². The Balaban J connectivity index is 2.12. The van der Waals surface area contributed by atoms with Crippen LogP contribution in [0.4, 0.5) is 5.13 Å². The van der Waals surface area contributed by atoms with E-state index < -0.39 is 5.97 Å². The van der Waals surface area contributed by atoms with Crippen LogP contribution in [0.25, 0.3) is 0 Å². The van der Waals surface area contributed by atoms with Crippen LogP contribution in [0.15, 0.2) is 22.7 Å². The summed E-state index contributed by atoms with van der Waals surface area (Å²) in [6.45, 7) is 0. The number of nitrogens with zero attached hydrogens (tertiary/aromatic N) is 2. The van der Waals surface area contributed by atoms with Crippen LogP contribution >= 0.6 is 11.3 Å². The summed E-state index contributed by atoms with van der Waals surface area (Å²) in [5.41, 5.74) is -0.120. The molecular weight excluding hydrogens is 282 g/mol. The number of rotatable bonds is 6. The molecule has 1 aliphatic carbocycles. The minimum absolute atomic E-state index is 0.159. The molecule has 0 bridgehead atoms. The third kappa shape index (κ3) is 3.64. The number of aromatic nitrogens is 1. The number of carboxylic acids is 1. The Hall–Kier alpha value is -2.22. The zero-order valence-corrected chi connectivity index (χ0v) is 11.3. The van der Waals surface area contributed by atoms with Gasteiger partial charge in [-0.15, -0.1) is 11.3 Å². The minimum Gasteiger partial charge on any atom is -0.476 e. The molecule has 1 aromatic heterocycles. The van der Waals surface area contributed by atoms with E-state index in [9.17, 15) is 9.59 Å². The fourth-order valence-corrected chi connectivity index (χ4v) is 2.34. The molecule has 20 heavy (non-hydrogen) atoms. The lowest BCUT2D eigenvalue weighted by atomic mass is 10.1. The molecule has 0 spiro atoms. The van der Waals surface area contributed by atoms with E-state index in [1.165, 1.54) is 5.38 Å². The summed E-state index contributed by atoms with van der Waals surface area (Å²) in [5.74, 6) is -1.23. The monoisotopic (exact) mass is 295 g/mol. The first-order valence-corrected chi connectivity index (χ1v) is 6.88. The molecule has 1 aromatic rings. The number of nitrogens with one attached hydrogen (secondary N) is 1. The van der Waals surface area contributed by atoms with E-state index in [2.05, 4.69) is 15.5 Å². The van der Waals surface area contributed by atoms with Crippen molar-refractivity contribution in [2.75, 3.05) is 5.32 Å². The lowest BCUT2D eigenvalue weighted by molar-refractivity contribution is -0.129. The number of amides is 1. The Morgan fingerprint density at radius 2 is 2.50 bits per heavy atom. The summed E-state index contributed by atoms with van der Waals surface area (Å²) < 4.78 is 0. The summed E-state index contributed by atoms with van der Waals surface area (Å²) >= 11 is 1.11. The van der Waals surface area contributed by atoms with Gasteiger partial charge in [0.15, 0.2) is 5.13 Å². The smallest absolute Gasteiger partial charge is 0.360 e. The third-order valence-electron chi connectivity index (χ3n) is 2.62. The van der Waals surface area contributed by atoms with Crippen molar-refractivity contribution >= 4 is 34.6 Å². The van der Waals surface area contributed by atoms with Gasteiger partial charge in [0.1, 0.15) is 11.8 Å². The van der Waals surface area contributed by atoms with E-state index in [0.717, 1.165) is 30.6 Å². The molecule has 0 aromatic carbocycles. The molecule has 1 unspecified atom stereocenters. The third-order valence-corrected chi connectivity index (χ3v) is 3.39. The topological polar surface area (TPSA) is 101 Å². The molecule has 106 valence electrons. The molecule has 1 amide bonds. The van der Waals surface area contributed by atoms with Gasteiger partial charge in [-0.2, -0.15) is 0 Å². The quantitative estimate of drug-likeness (QED) is 0.359. The number of carbonyl (C=O) groups excluding carboxylic acids is 1. The summed E-state index contributed by atoms with van der Waals surface area (Å²) in [7, 11) is 0. The van der Waals surface area contributed by atoms with Crippen molar-refractivity contribution in [3.63, 3.8) is 0 Å². The van der Waals surface area contributed by atoms with E-state index in [1.54, 1.807) is 0 Å². The van der Waals surface area contributed by atoms with Crippen LogP contribution < -0.4 is 5.32 Å². The Kier molecular flexibility index (Phi) is 4.83. The van der Waals surface area contributed by atoms with Crippen molar-refractivity contribution in [3.05, 3.63) is 23.2 Å². The van der Waals surface area contributed by atoms with E-state index in [4.69, 9.17) is 9.94 Å². The Bertz CT molecular complexity index is 553. The van der Waals surface area contributed by atoms with Gasteiger partial charge in [-0.3, -0.25) is 4.79 Å². The molecule has 8 heteroatoms. The number of allylic oxidation sites excluding steroid dienone is 1. The van der Waals surface area contributed by atoms with Gasteiger partial charge in [-0.25, -0.2) is 9.78 Å². The molecule has 0 fully saturated rings. The number of carbonyl (C=O) groups is 2. The molecule has 2 N–H and O–H groups in total. The fourth-order valence-electron chi connectivity index (χ4n) is 1.68. The van der Waals surface area contributed by atoms with Crippen molar-refractivity contribution in [1.29, 1.82) is 0 Å². The van der Waals surface area contributed by atoms with Gasteiger partial charge in [-0.1, -0.05) is 11.2 Å². The van der Waals surface area contributed by atoms with Gasteiger partial charge < -0.3 is 15.3 Å². The number of carboxylic acid groups (broad SMARTS) is 1. The van der Waals surface area contributed by atoms with Gasteiger partial charge in [0.2, 0.25) is 12.1 Å². The summed E-state index contributed by atoms with van der Waals surface area (Å²) in [6.07, 6.45) is 6.92. The molecule has 7 nitrogen and oxygen atoms in total. The van der Waals surface area contributed by atoms with Gasteiger partial charge in [0, 0.05) is 5.38 Å². The number of aliphatic carboxylic acids is 1. The molecule has 1 atom stereocenters. The van der Waals surface area contributed by atoms with E-state index in [0.29, 0.717) is 11.5 Å². The molecule has 0 saturated heterocycles. The van der Waals surface area contributed by atoms with Crippen molar-refractivity contribution < 1.29 is 19.5 Å². The molecule has 1 heterocycles. The van der Waals surface area contributed by atoms with Crippen LogP contribution in [-0.4, -0.2) is 34.3 Å². The second kappa shape index (κ2) is 6.80. The maximum atomic E-state index is 11.2. The highest BCUT2D eigenvalue weighted by molar-refractivity contribution is 7.14. The standard InChI is InChI=1S/C12H13N3O4S/c16-7-13-12-14-9(6-20-12)10(11(17)18)15-19-8-4-2-1-3-5-8/h2,4,6-8H,1,3,5H2,(H,17,18)(H,13,14,16)/b15-10-. The first-order valence-electron chi connectivity index (χ1n) is 6.00. The minimum atomic E-state index is -1.23. The highest BCUT2D eigenvalue weighted by atomic mass is 32.1. The molecule has 2 rings (SSSR count). The zero-order valence-electron chi connectivity index (χ0n) is 10.5. The van der Waals surface area contributed by atoms with E-state index in [1.807, 2.05) is 12.2 Å². The predicted octanol–water partition coefficient (Wildman–Crippen LogP) is 1.63. The van der Waals surface area contributed by atoms with Crippen molar-refractivity contribution in [2.24, 2.45) is 5.16 Å². The first kappa shape index (κ1) is 14.2. The predicted molar refractivity (Wildman–Crippen MR) is 73.8 cm³/mol. The number of anilines is 1. The van der Waals surface area contributed by atoms with E-state index >= 15 is 0 Å². The summed E-state index contributed by atoms with van der Waals surface area (Å²) in [4.78, 5) is 30.7. The number of hydrogen-bond acceptors (Lipinski definition) is 6. The zero-order chi connectivity index (χ0) is 14.4. The second-order valence-electron chi connectivity index (χ2n) is 4.05. The van der Waals surface area contributed by atoms with Gasteiger partial charge >= 0.3 is 5.97 Å². The molecule has 1 aliphatic rings. The summed E-state index contributed by atoms with van der Waals surface area (Å²) in [6, 6.07) is 0. The lowest BCUT2D eigenvalue weighted by Crippen LogP contribution is -2.18. The number of thiazole rings is 1. The van der Waals surface area contributed by atoms with Crippen LogP contribution in [0, 0.1) is 0 Å². The molecule has 0 saturated carbocycles. The van der Waals surface area contributed by atoms with Gasteiger partial charge in [0.05, 0.1) is 0 Å². The van der Waals surface area contributed by atoms with Crippen LogP contribution in [0.3, 0.4) is 0 Å². The molecule has 0 aliphatic heterocycles. The molecular formula is C12H13N3O4S. The normalized spacial score (nSPS) is 18.6. The Morgan fingerprint density at radius 1 is 1.65 bits per heavy atom. The highest BCUT2D eigenvalue weighted by Crippen LogP contribution is 2.17. The van der Waals surface area contributed by atoms with E-state index in [-0.39, 0.29) is 17.5 Å². The van der Waals surface area contributed by atoms with Crippen LogP contribution in [-0.2, 0) is 14.4 Å². The van der Waals surface area contributed by atoms with Crippen molar-refractivity contribution in [1.82, 2.24) is 4.98 Å². The largest absolute Gasteiger partial charge is 0.476 e. The Morgan fingerprint density at radius 3 is 3.15 bits per heavy atom. The maximum absolute atomic E-state index is 11.2. The fraction of sp³-hybridized carbons (Fsp3) is 0.333. The van der Waals surface area contributed by atoms with Gasteiger partial charge in [-0.05, 0) is 25.3 Å². The second-order valence-corrected chi connectivity index (χ2v) is 4.91. The number of oxime groups is 1. The van der Waals surface area contributed by atoms with Crippen LogP contribution in [0.1, 0.15) is 25.0 Å². The number of hydrogen-bond donors (Lipinski definition) is 2. The first-order chi connectivity index (χ1) is 9.70. The highest BCUT2D eigenvalue weighted by Gasteiger charge is 2.19. The summed E-state index contributed by atoms with van der Waals surface area (Å²) in [5, 5.41) is 17.0. The van der Waals surface area contributed by atoms with Crippen LogP contribution in [0.5, 0.6) is 0 Å². The maximum Gasteiger partial charge on any atom is 0.360 e. The van der Waals surface area contributed by atoms with Crippen molar-refractivity contribution in [3.8, 4) is 0 Å². The lowest BCUT2D eigenvalue weighted by Gasteiger charge is -2.14. The average Bonchev–Trinajstić information content (AvgIpc) is 2.89.